The van der Waals surface area contributed by atoms with E-state index in [4.69, 9.17) is 0 Å². The number of guanidine groups is 1. The summed E-state index contributed by atoms with van der Waals surface area (Å²) in [5, 5.41) is 5.72. The Balaban J connectivity index is 2.07. The molecule has 5 nitrogen and oxygen atoms in total. The van der Waals surface area contributed by atoms with Crippen molar-refractivity contribution >= 4 is 12.1 Å². The van der Waals surface area contributed by atoms with Gasteiger partial charge < -0.3 is 10.1 Å². The number of carbonyl (C=O) groups is 1. The maximum atomic E-state index is 11.1. The zero-order valence-corrected chi connectivity index (χ0v) is 10.8. The summed E-state index contributed by atoms with van der Waals surface area (Å²) in [7, 11) is 1.33. The van der Waals surface area contributed by atoms with Gasteiger partial charge in [-0.25, -0.2) is 4.79 Å². The van der Waals surface area contributed by atoms with Gasteiger partial charge in [0, 0.05) is 0 Å². The highest BCUT2D eigenvalue weighted by Crippen LogP contribution is 2.22. The van der Waals surface area contributed by atoms with Crippen LogP contribution in [0.1, 0.15) is 22.7 Å². The Bertz CT molecular complexity index is 497. The molecule has 0 fully saturated rings. The van der Waals surface area contributed by atoms with Crippen LogP contribution in [0.25, 0.3) is 0 Å². The molecular formula is C13H17N3O2. The Kier molecular flexibility index (Phi) is 3.50. The Morgan fingerprint density at radius 2 is 2.28 bits per heavy atom. The van der Waals surface area contributed by atoms with Crippen molar-refractivity contribution in [2.24, 2.45) is 4.99 Å². The molecule has 2 rings (SSSR count). The summed E-state index contributed by atoms with van der Waals surface area (Å²) in [5.74, 6) is 0.466. The average molecular weight is 247 g/mol. The van der Waals surface area contributed by atoms with Crippen LogP contribution in [0.5, 0.6) is 0 Å². The number of aryl methyl sites for hydroxylation is 1. The van der Waals surface area contributed by atoms with Crippen LogP contribution in [0.4, 0.5) is 4.79 Å². The molecule has 0 bridgehead atoms. The molecule has 0 saturated carbocycles. The smallest absolute Gasteiger partial charge is 0.413 e. The average Bonchev–Trinajstić information content (AvgIpc) is 2.80. The lowest BCUT2D eigenvalue weighted by Gasteiger charge is -2.16. The number of methoxy groups -OCH3 is 1. The molecule has 0 spiro atoms. The fourth-order valence-corrected chi connectivity index (χ4v) is 1.99. The zero-order valence-electron chi connectivity index (χ0n) is 10.8. The lowest BCUT2D eigenvalue weighted by molar-refractivity contribution is 0.176. The van der Waals surface area contributed by atoms with Crippen molar-refractivity contribution in [1.82, 2.24) is 10.6 Å². The van der Waals surface area contributed by atoms with Gasteiger partial charge in [0.1, 0.15) is 0 Å². The van der Waals surface area contributed by atoms with E-state index >= 15 is 0 Å². The van der Waals surface area contributed by atoms with E-state index in [1.54, 1.807) is 0 Å². The largest absolute Gasteiger partial charge is 0.453 e. The normalized spacial score (nSPS) is 17.9. The molecule has 1 unspecified atom stereocenters. The maximum Gasteiger partial charge on any atom is 0.413 e. The fourth-order valence-electron chi connectivity index (χ4n) is 1.99. The highest BCUT2D eigenvalue weighted by atomic mass is 16.5. The maximum absolute atomic E-state index is 11.1. The van der Waals surface area contributed by atoms with Crippen molar-refractivity contribution in [1.29, 1.82) is 0 Å². The molecule has 1 atom stereocenters. The first kappa shape index (κ1) is 12.4. The number of hydrogen-bond donors (Lipinski definition) is 2. The minimum Gasteiger partial charge on any atom is -0.453 e. The van der Waals surface area contributed by atoms with E-state index in [9.17, 15) is 4.79 Å². The molecule has 1 aromatic rings. The third-order valence-electron chi connectivity index (χ3n) is 3.17. The van der Waals surface area contributed by atoms with Crippen LogP contribution in [0.15, 0.2) is 23.2 Å². The predicted molar refractivity (Wildman–Crippen MR) is 69.6 cm³/mol. The minimum atomic E-state index is -0.511. The van der Waals surface area contributed by atoms with Crippen molar-refractivity contribution in [3.8, 4) is 0 Å². The van der Waals surface area contributed by atoms with Gasteiger partial charge in [-0.3, -0.25) is 10.3 Å². The second-order valence-electron chi connectivity index (χ2n) is 4.29. The quantitative estimate of drug-likeness (QED) is 0.793. The van der Waals surface area contributed by atoms with Crippen LogP contribution in [-0.4, -0.2) is 25.7 Å². The summed E-state index contributed by atoms with van der Waals surface area (Å²) in [6.45, 7) is 4.80. The molecule has 1 amide bonds. The van der Waals surface area contributed by atoms with Gasteiger partial charge in [-0.05, 0) is 30.5 Å². The summed E-state index contributed by atoms with van der Waals surface area (Å²) in [5.41, 5.74) is 3.72. The number of hydrogen-bond acceptors (Lipinski definition) is 4. The molecule has 0 radical (unpaired) electrons. The minimum absolute atomic E-state index is 0.108. The molecule has 1 heterocycles. The summed E-state index contributed by atoms with van der Waals surface area (Å²) in [6.07, 6.45) is -0.511. The van der Waals surface area contributed by atoms with Crippen molar-refractivity contribution in [2.45, 2.75) is 19.9 Å². The van der Waals surface area contributed by atoms with Gasteiger partial charge in [-0.15, -0.1) is 0 Å². The highest BCUT2D eigenvalue weighted by molar-refractivity contribution is 5.95. The summed E-state index contributed by atoms with van der Waals surface area (Å²) in [4.78, 5) is 15.3. The number of ether oxygens (including phenoxy) is 1. The Hall–Kier alpha value is -2.04. The number of nitrogens with zero attached hydrogens (tertiary/aromatic N) is 1. The number of aliphatic imine (C=N–C) groups is 1. The highest BCUT2D eigenvalue weighted by Gasteiger charge is 2.22. The third-order valence-corrected chi connectivity index (χ3v) is 3.17. The fraction of sp³-hybridized carbons (Fsp3) is 0.385. The molecule has 2 N–H and O–H groups in total. The monoisotopic (exact) mass is 247 g/mol. The zero-order chi connectivity index (χ0) is 13.1. The lowest BCUT2D eigenvalue weighted by atomic mass is 9.98. The number of nitrogens with one attached hydrogen (secondary N) is 2. The van der Waals surface area contributed by atoms with Crippen LogP contribution in [-0.2, 0) is 4.74 Å². The predicted octanol–water partition coefficient (Wildman–Crippen LogP) is 1.66. The van der Waals surface area contributed by atoms with Gasteiger partial charge in [-0.2, -0.15) is 0 Å². The molecule has 1 aliphatic heterocycles. The Labute approximate surface area is 106 Å². The van der Waals surface area contributed by atoms with Crippen molar-refractivity contribution in [3.05, 3.63) is 34.9 Å². The summed E-state index contributed by atoms with van der Waals surface area (Å²) in [6, 6.07) is 6.31. The van der Waals surface area contributed by atoms with Gasteiger partial charge >= 0.3 is 6.09 Å². The standard InChI is InChI=1S/C13H17N3O2/c1-8-5-4-6-10(9(8)2)11-7-14-12(15-11)16-13(17)18-3/h4-6,11H,7H2,1-3H3,(H2,14,15,16,17). The van der Waals surface area contributed by atoms with Crippen LogP contribution in [0.2, 0.25) is 0 Å². The summed E-state index contributed by atoms with van der Waals surface area (Å²) >= 11 is 0. The van der Waals surface area contributed by atoms with Crippen molar-refractivity contribution in [3.63, 3.8) is 0 Å². The molecule has 1 aromatic carbocycles. The third kappa shape index (κ3) is 2.45. The molecule has 0 aromatic heterocycles. The van der Waals surface area contributed by atoms with Crippen LogP contribution < -0.4 is 10.6 Å². The molecular weight excluding hydrogens is 230 g/mol. The summed E-state index contributed by atoms with van der Waals surface area (Å²) < 4.78 is 4.53. The van der Waals surface area contributed by atoms with E-state index in [0.29, 0.717) is 12.5 Å². The molecule has 5 heteroatoms. The van der Waals surface area contributed by atoms with E-state index in [2.05, 4.69) is 46.3 Å². The van der Waals surface area contributed by atoms with Gasteiger partial charge in [0.2, 0.25) is 5.96 Å². The van der Waals surface area contributed by atoms with Crippen LogP contribution in [0, 0.1) is 13.8 Å². The van der Waals surface area contributed by atoms with Gasteiger partial charge in [0.15, 0.2) is 0 Å². The molecule has 18 heavy (non-hydrogen) atoms. The first-order valence-electron chi connectivity index (χ1n) is 5.84. The second-order valence-corrected chi connectivity index (χ2v) is 4.29. The van der Waals surface area contributed by atoms with Gasteiger partial charge in [0.25, 0.3) is 0 Å². The first-order valence-corrected chi connectivity index (χ1v) is 5.84. The Morgan fingerprint density at radius 3 is 3.00 bits per heavy atom. The van der Waals surface area contributed by atoms with Crippen molar-refractivity contribution < 1.29 is 9.53 Å². The van der Waals surface area contributed by atoms with Crippen LogP contribution >= 0.6 is 0 Å². The number of alkyl carbamates (subject to hydrolysis) is 1. The number of benzene rings is 1. The first-order chi connectivity index (χ1) is 8.61. The van der Waals surface area contributed by atoms with E-state index in [0.717, 1.165) is 0 Å². The van der Waals surface area contributed by atoms with E-state index < -0.39 is 6.09 Å². The van der Waals surface area contributed by atoms with Gasteiger partial charge in [0.05, 0.1) is 19.7 Å². The van der Waals surface area contributed by atoms with Crippen molar-refractivity contribution in [2.75, 3.05) is 13.7 Å². The molecule has 0 aliphatic carbocycles. The second kappa shape index (κ2) is 5.08. The molecule has 96 valence electrons. The number of rotatable bonds is 1. The van der Waals surface area contributed by atoms with Gasteiger partial charge in [-0.1, -0.05) is 18.2 Å². The Morgan fingerprint density at radius 1 is 1.50 bits per heavy atom. The van der Waals surface area contributed by atoms with Crippen LogP contribution in [0.3, 0.4) is 0 Å². The van der Waals surface area contributed by atoms with E-state index in [1.165, 1.54) is 23.8 Å². The molecule has 1 aliphatic rings. The van der Waals surface area contributed by atoms with E-state index in [1.807, 2.05) is 6.07 Å². The topological polar surface area (TPSA) is 62.7 Å². The molecule has 0 saturated heterocycles. The van der Waals surface area contributed by atoms with E-state index in [-0.39, 0.29) is 6.04 Å². The lowest BCUT2D eigenvalue weighted by Crippen LogP contribution is -2.39. The number of amides is 1. The SMILES string of the molecule is COC(=O)NC1=NCC(c2cccc(C)c2C)N1. The number of carbonyl (C=O) groups excluding carboxylic acids is 1.